The Morgan fingerprint density at radius 1 is 1.45 bits per heavy atom. The van der Waals surface area contributed by atoms with Crippen molar-refractivity contribution in [3.05, 3.63) is 52.3 Å². The Bertz CT molecular complexity index is 612. The van der Waals surface area contributed by atoms with Crippen molar-refractivity contribution in [2.75, 3.05) is 0 Å². The molecular weight excluding hydrogens is 264 g/mol. The maximum Gasteiger partial charge on any atom is 0.490 e. The lowest BCUT2D eigenvalue weighted by Crippen LogP contribution is -2.36. The third-order valence-corrected chi connectivity index (χ3v) is 2.72. The number of nitrogens with two attached hydrogens (primary N) is 1. The molecule has 1 aromatic heterocycles. The summed E-state index contributed by atoms with van der Waals surface area (Å²) in [6.45, 7) is 0.105. The largest absolute Gasteiger partial charge is 0.490 e. The smallest absolute Gasteiger partial charge is 0.390 e. The fourth-order valence-electron chi connectivity index (χ4n) is 1.77. The minimum absolute atomic E-state index is 0.105. The van der Waals surface area contributed by atoms with E-state index in [1.165, 1.54) is 11.0 Å². The van der Waals surface area contributed by atoms with Gasteiger partial charge in [0.05, 0.1) is 12.5 Å². The van der Waals surface area contributed by atoms with Crippen molar-refractivity contribution in [2.24, 2.45) is 5.84 Å². The minimum Gasteiger partial charge on any atom is -0.390 e. The van der Waals surface area contributed by atoms with E-state index in [4.69, 9.17) is 5.84 Å². The maximum absolute atomic E-state index is 11.8. The molecule has 9 nitrogen and oxygen atoms in total. The average molecular weight is 276 g/mol. The van der Waals surface area contributed by atoms with E-state index in [9.17, 15) is 14.9 Å². The van der Waals surface area contributed by atoms with Gasteiger partial charge < -0.3 is 10.1 Å². The molecule has 3 N–H and O–H groups in total. The molecule has 104 valence electrons. The highest BCUT2D eigenvalue weighted by Crippen LogP contribution is 2.18. The van der Waals surface area contributed by atoms with Gasteiger partial charge in [0.1, 0.15) is 0 Å². The second kappa shape index (κ2) is 5.89. The van der Waals surface area contributed by atoms with Crippen molar-refractivity contribution in [2.45, 2.75) is 12.5 Å². The van der Waals surface area contributed by atoms with Crippen LogP contribution >= 0.6 is 0 Å². The molecule has 20 heavy (non-hydrogen) atoms. The summed E-state index contributed by atoms with van der Waals surface area (Å²) in [5.41, 5.74) is 2.81. The zero-order valence-corrected chi connectivity index (χ0v) is 10.3. The highest BCUT2D eigenvalue weighted by molar-refractivity contribution is 5.82. The van der Waals surface area contributed by atoms with E-state index in [-0.39, 0.29) is 6.54 Å². The van der Waals surface area contributed by atoms with Crippen LogP contribution in [0.1, 0.15) is 11.5 Å². The Labute approximate surface area is 113 Å². The second-order valence-corrected chi connectivity index (χ2v) is 4.00. The SMILES string of the molecule is NNC(=O)C(Cn1cnc([N+](=O)[O-])n1)c1ccccc1. The Morgan fingerprint density at radius 3 is 2.70 bits per heavy atom. The quantitative estimate of drug-likeness (QED) is 0.341. The van der Waals surface area contributed by atoms with Crippen LogP contribution in [-0.2, 0) is 11.3 Å². The third-order valence-electron chi connectivity index (χ3n) is 2.72. The fraction of sp³-hybridized carbons (Fsp3) is 0.182. The van der Waals surface area contributed by atoms with E-state index >= 15 is 0 Å². The predicted molar refractivity (Wildman–Crippen MR) is 68.2 cm³/mol. The standard InChI is InChI=1S/C11H12N6O3/c12-14-10(18)9(8-4-2-1-3-5-8)6-16-7-13-11(15-16)17(19)20/h1-5,7,9H,6,12H2,(H,14,18). The van der Waals surface area contributed by atoms with Crippen LogP contribution in [0, 0.1) is 10.1 Å². The molecule has 0 spiro atoms. The summed E-state index contributed by atoms with van der Waals surface area (Å²) in [5.74, 6) is 3.64. The lowest BCUT2D eigenvalue weighted by molar-refractivity contribution is -0.394. The number of aromatic nitrogens is 3. The molecule has 0 aliphatic carbocycles. The average Bonchev–Trinajstić information content (AvgIpc) is 2.94. The number of nitrogens with zero attached hydrogens (tertiary/aromatic N) is 4. The fourth-order valence-corrected chi connectivity index (χ4v) is 1.77. The Hall–Kier alpha value is -2.81. The van der Waals surface area contributed by atoms with Crippen molar-refractivity contribution in [1.82, 2.24) is 20.2 Å². The van der Waals surface area contributed by atoms with Gasteiger partial charge in [-0.3, -0.25) is 10.2 Å². The highest BCUT2D eigenvalue weighted by atomic mass is 16.6. The van der Waals surface area contributed by atoms with E-state index < -0.39 is 22.7 Å². The van der Waals surface area contributed by atoms with E-state index in [2.05, 4.69) is 15.5 Å². The topological polar surface area (TPSA) is 129 Å². The molecule has 2 aromatic rings. The number of carbonyl (C=O) groups excluding carboxylic acids is 1. The maximum atomic E-state index is 11.8. The Balaban J connectivity index is 2.24. The number of benzene rings is 1. The van der Waals surface area contributed by atoms with E-state index in [0.29, 0.717) is 0 Å². The van der Waals surface area contributed by atoms with Gasteiger partial charge in [-0.15, -0.1) is 0 Å². The molecular formula is C11H12N6O3. The molecule has 0 fully saturated rings. The lowest BCUT2D eigenvalue weighted by Gasteiger charge is -2.13. The molecule has 1 unspecified atom stereocenters. The molecule has 9 heteroatoms. The molecule has 0 aliphatic heterocycles. The zero-order valence-electron chi connectivity index (χ0n) is 10.3. The van der Waals surface area contributed by atoms with Gasteiger partial charge in [-0.2, -0.15) is 4.68 Å². The number of nitro groups is 1. The number of hydrogen-bond acceptors (Lipinski definition) is 6. The van der Waals surface area contributed by atoms with Crippen LogP contribution in [-0.4, -0.2) is 25.6 Å². The molecule has 1 aromatic carbocycles. The number of rotatable bonds is 5. The van der Waals surface area contributed by atoms with Crippen molar-refractivity contribution in [3.8, 4) is 0 Å². The highest BCUT2D eigenvalue weighted by Gasteiger charge is 2.23. The first-order valence-corrected chi connectivity index (χ1v) is 5.71. The van der Waals surface area contributed by atoms with Gasteiger partial charge in [0.2, 0.25) is 12.2 Å². The number of amides is 1. The normalized spacial score (nSPS) is 11.8. The predicted octanol–water partition coefficient (Wildman–Crippen LogP) is -0.0400. The molecule has 0 aliphatic rings. The molecule has 0 saturated carbocycles. The van der Waals surface area contributed by atoms with Crippen LogP contribution in [0.5, 0.6) is 0 Å². The molecule has 1 atom stereocenters. The minimum atomic E-state index is -0.697. The van der Waals surface area contributed by atoms with Crippen LogP contribution < -0.4 is 11.3 Å². The molecule has 0 bridgehead atoms. The number of hydrogen-bond donors (Lipinski definition) is 2. The third kappa shape index (κ3) is 2.95. The van der Waals surface area contributed by atoms with Crippen LogP contribution in [0.2, 0.25) is 0 Å². The van der Waals surface area contributed by atoms with E-state index in [1.807, 2.05) is 6.07 Å². The Kier molecular flexibility index (Phi) is 4.01. The first-order chi connectivity index (χ1) is 9.61. The summed E-state index contributed by atoms with van der Waals surface area (Å²) >= 11 is 0. The zero-order chi connectivity index (χ0) is 14.5. The number of nitrogens with one attached hydrogen (secondary N) is 1. The second-order valence-electron chi connectivity index (χ2n) is 4.00. The molecule has 0 saturated heterocycles. The molecule has 2 rings (SSSR count). The van der Waals surface area contributed by atoms with Crippen LogP contribution in [0.4, 0.5) is 5.95 Å². The monoisotopic (exact) mass is 276 g/mol. The summed E-state index contributed by atoms with van der Waals surface area (Å²) in [5, 5.41) is 14.2. The molecule has 0 radical (unpaired) electrons. The number of carbonyl (C=O) groups is 1. The van der Waals surface area contributed by atoms with Gasteiger partial charge in [0, 0.05) is 5.10 Å². The van der Waals surface area contributed by atoms with Gasteiger partial charge in [0.15, 0.2) is 0 Å². The van der Waals surface area contributed by atoms with Crippen LogP contribution in [0.3, 0.4) is 0 Å². The van der Waals surface area contributed by atoms with Crippen LogP contribution in [0.25, 0.3) is 0 Å². The van der Waals surface area contributed by atoms with Gasteiger partial charge in [-0.25, -0.2) is 5.84 Å². The van der Waals surface area contributed by atoms with Crippen molar-refractivity contribution in [1.29, 1.82) is 0 Å². The summed E-state index contributed by atoms with van der Waals surface area (Å²) in [7, 11) is 0. The molecule has 1 amide bonds. The lowest BCUT2D eigenvalue weighted by atomic mass is 9.98. The van der Waals surface area contributed by atoms with E-state index in [0.717, 1.165) is 5.56 Å². The molecule has 1 heterocycles. The summed E-state index contributed by atoms with van der Waals surface area (Å²) in [4.78, 5) is 25.2. The van der Waals surface area contributed by atoms with Gasteiger partial charge in [0.25, 0.3) is 0 Å². The van der Waals surface area contributed by atoms with Crippen molar-refractivity contribution >= 4 is 11.9 Å². The van der Waals surface area contributed by atoms with E-state index in [1.54, 1.807) is 24.3 Å². The van der Waals surface area contributed by atoms with Gasteiger partial charge in [-0.1, -0.05) is 35.3 Å². The Morgan fingerprint density at radius 2 is 2.15 bits per heavy atom. The first kappa shape index (κ1) is 13.6. The van der Waals surface area contributed by atoms with Gasteiger partial charge in [-0.05, 0) is 10.5 Å². The van der Waals surface area contributed by atoms with Gasteiger partial charge >= 0.3 is 5.95 Å². The summed E-state index contributed by atoms with van der Waals surface area (Å²) in [6, 6.07) is 8.93. The number of hydrazine groups is 1. The van der Waals surface area contributed by atoms with Crippen LogP contribution in [0.15, 0.2) is 36.7 Å². The summed E-state index contributed by atoms with van der Waals surface area (Å²) < 4.78 is 1.24. The summed E-state index contributed by atoms with van der Waals surface area (Å²) in [6.07, 6.45) is 1.21. The first-order valence-electron chi connectivity index (χ1n) is 5.71. The van der Waals surface area contributed by atoms with Crippen molar-refractivity contribution in [3.63, 3.8) is 0 Å². The van der Waals surface area contributed by atoms with Crippen molar-refractivity contribution < 1.29 is 9.72 Å².